The fraction of sp³-hybridized carbons (Fsp3) is 0.375. The van der Waals surface area contributed by atoms with Gasteiger partial charge in [0.15, 0.2) is 5.75 Å². The van der Waals surface area contributed by atoms with Crippen LogP contribution in [0.25, 0.3) is 0 Å². The van der Waals surface area contributed by atoms with Crippen molar-refractivity contribution in [2.75, 3.05) is 31.0 Å². The van der Waals surface area contributed by atoms with E-state index in [1.807, 2.05) is 0 Å². The van der Waals surface area contributed by atoms with Gasteiger partial charge in [0.2, 0.25) is 5.91 Å². The maximum absolute atomic E-state index is 11.2. The number of nitrogens with zero attached hydrogens (tertiary/aromatic N) is 3. The number of pyridine rings is 1. The van der Waals surface area contributed by atoms with E-state index in [2.05, 4.69) is 25.6 Å². The zero-order valence-corrected chi connectivity index (χ0v) is 13.6. The molecule has 2 aromatic heterocycles. The average Bonchev–Trinajstić information content (AvgIpc) is 3.09. The summed E-state index contributed by atoms with van der Waals surface area (Å²) in [5.41, 5.74) is 0.656. The summed E-state index contributed by atoms with van der Waals surface area (Å²) in [5, 5.41) is 5.84. The van der Waals surface area contributed by atoms with Crippen molar-refractivity contribution in [3.8, 4) is 5.75 Å². The summed E-state index contributed by atoms with van der Waals surface area (Å²) in [7, 11) is 1.56. The minimum atomic E-state index is -0.191. The number of hydrogen-bond donors (Lipinski definition) is 2. The van der Waals surface area contributed by atoms with E-state index in [4.69, 9.17) is 9.47 Å². The molecule has 0 bridgehead atoms. The fourth-order valence-electron chi connectivity index (χ4n) is 2.47. The lowest BCUT2D eigenvalue weighted by Gasteiger charge is -2.13. The number of nitrogens with one attached hydrogen (secondary N) is 2. The molecule has 2 aromatic rings. The maximum Gasteiger partial charge on any atom is 0.222 e. The van der Waals surface area contributed by atoms with E-state index in [-0.39, 0.29) is 11.8 Å². The van der Waals surface area contributed by atoms with Gasteiger partial charge in [-0.2, -0.15) is 0 Å². The van der Waals surface area contributed by atoms with Gasteiger partial charge in [0.25, 0.3) is 0 Å². The van der Waals surface area contributed by atoms with Crippen molar-refractivity contribution in [3.63, 3.8) is 0 Å². The zero-order chi connectivity index (χ0) is 16.9. The molecule has 3 rings (SSSR count). The van der Waals surface area contributed by atoms with Crippen LogP contribution in [0.5, 0.6) is 5.75 Å². The third-order valence-electron chi connectivity index (χ3n) is 3.62. The van der Waals surface area contributed by atoms with Crippen molar-refractivity contribution >= 4 is 23.2 Å². The number of methoxy groups -OCH3 is 1. The highest BCUT2D eigenvalue weighted by molar-refractivity contribution is 5.88. The molecule has 8 nitrogen and oxygen atoms in total. The molecule has 1 fully saturated rings. The first-order valence-corrected chi connectivity index (χ1v) is 7.65. The highest BCUT2D eigenvalue weighted by Gasteiger charge is 2.20. The number of rotatable bonds is 5. The van der Waals surface area contributed by atoms with Crippen molar-refractivity contribution in [1.82, 2.24) is 15.0 Å². The number of aromatic nitrogens is 3. The average molecular weight is 329 g/mol. The number of ether oxygens (including phenoxy) is 2. The summed E-state index contributed by atoms with van der Waals surface area (Å²) in [6, 6.07) is 3.47. The molecule has 1 atom stereocenters. The highest BCUT2D eigenvalue weighted by atomic mass is 16.5. The quantitative estimate of drug-likeness (QED) is 0.866. The molecular weight excluding hydrogens is 310 g/mol. The Morgan fingerprint density at radius 3 is 2.96 bits per heavy atom. The van der Waals surface area contributed by atoms with E-state index in [0.29, 0.717) is 29.7 Å². The normalized spacial score (nSPS) is 16.7. The Morgan fingerprint density at radius 1 is 1.38 bits per heavy atom. The summed E-state index contributed by atoms with van der Waals surface area (Å²) in [5.74, 6) is 2.42. The fourth-order valence-corrected chi connectivity index (χ4v) is 2.47. The van der Waals surface area contributed by atoms with Crippen LogP contribution in [0.2, 0.25) is 0 Å². The number of hydrogen-bond acceptors (Lipinski definition) is 7. The van der Waals surface area contributed by atoms with E-state index in [9.17, 15) is 4.79 Å². The Labute approximate surface area is 139 Å². The Kier molecular flexibility index (Phi) is 4.85. The minimum absolute atomic E-state index is 0.191. The van der Waals surface area contributed by atoms with E-state index in [1.54, 1.807) is 31.6 Å². The lowest BCUT2D eigenvalue weighted by atomic mass is 10.1. The standard InChI is InChI=1S/C16H19N5O3/c1-10(22)19-15-7-12(13(23-2)8-18-15)20-14-3-5-17-16(21-14)11-4-6-24-9-11/h3,5,7-8,11H,4,6,9H2,1-2H3,(H2,17,18,19,20,21,22). The monoisotopic (exact) mass is 329 g/mol. The van der Waals surface area contributed by atoms with Gasteiger partial charge in [-0.25, -0.2) is 15.0 Å². The van der Waals surface area contributed by atoms with E-state index < -0.39 is 0 Å². The van der Waals surface area contributed by atoms with Gasteiger partial charge in [-0.1, -0.05) is 0 Å². The van der Waals surface area contributed by atoms with Gasteiger partial charge in [-0.15, -0.1) is 0 Å². The van der Waals surface area contributed by atoms with Crippen LogP contribution >= 0.6 is 0 Å². The summed E-state index contributed by atoms with van der Waals surface area (Å²) in [6.07, 6.45) is 4.18. The van der Waals surface area contributed by atoms with Gasteiger partial charge in [-0.05, 0) is 12.5 Å². The van der Waals surface area contributed by atoms with Gasteiger partial charge < -0.3 is 20.1 Å². The lowest BCUT2D eigenvalue weighted by Crippen LogP contribution is -2.09. The van der Waals surface area contributed by atoms with Gasteiger partial charge in [-0.3, -0.25) is 4.79 Å². The Balaban J connectivity index is 1.84. The van der Waals surface area contributed by atoms with Crippen LogP contribution in [0.15, 0.2) is 24.5 Å². The topological polar surface area (TPSA) is 98.3 Å². The van der Waals surface area contributed by atoms with Crippen LogP contribution in [0, 0.1) is 0 Å². The van der Waals surface area contributed by atoms with E-state index >= 15 is 0 Å². The summed E-state index contributed by atoms with van der Waals surface area (Å²) in [4.78, 5) is 24.2. The predicted molar refractivity (Wildman–Crippen MR) is 88.6 cm³/mol. The molecule has 1 aliphatic rings. The highest BCUT2D eigenvalue weighted by Crippen LogP contribution is 2.29. The Bertz CT molecular complexity index is 731. The largest absolute Gasteiger partial charge is 0.493 e. The van der Waals surface area contributed by atoms with Crippen LogP contribution in [0.3, 0.4) is 0 Å². The maximum atomic E-state index is 11.2. The van der Waals surface area contributed by atoms with Crippen LogP contribution in [-0.2, 0) is 9.53 Å². The second kappa shape index (κ2) is 7.22. The van der Waals surface area contributed by atoms with Crippen molar-refractivity contribution in [2.45, 2.75) is 19.3 Å². The van der Waals surface area contributed by atoms with Crippen molar-refractivity contribution in [2.24, 2.45) is 0 Å². The van der Waals surface area contributed by atoms with Gasteiger partial charge >= 0.3 is 0 Å². The van der Waals surface area contributed by atoms with Crippen molar-refractivity contribution < 1.29 is 14.3 Å². The molecule has 0 spiro atoms. The molecule has 126 valence electrons. The van der Waals surface area contributed by atoms with Crippen molar-refractivity contribution in [3.05, 3.63) is 30.4 Å². The first-order valence-electron chi connectivity index (χ1n) is 7.65. The van der Waals surface area contributed by atoms with Gasteiger partial charge in [0.1, 0.15) is 17.5 Å². The molecule has 1 amide bonds. The molecule has 3 heterocycles. The summed E-state index contributed by atoms with van der Waals surface area (Å²) < 4.78 is 10.7. The predicted octanol–water partition coefficient (Wildman–Crippen LogP) is 2.09. The number of carbonyl (C=O) groups excluding carboxylic acids is 1. The number of anilines is 3. The Morgan fingerprint density at radius 2 is 2.25 bits per heavy atom. The van der Waals surface area contributed by atoms with Gasteiger partial charge in [0, 0.05) is 31.7 Å². The molecule has 1 unspecified atom stereocenters. The van der Waals surface area contributed by atoms with Crippen LogP contribution in [-0.4, -0.2) is 41.2 Å². The minimum Gasteiger partial charge on any atom is -0.493 e. The SMILES string of the molecule is COc1cnc(NC(C)=O)cc1Nc1ccnc(C2CCOC2)n1. The van der Waals surface area contributed by atoms with Crippen LogP contribution in [0.4, 0.5) is 17.3 Å². The second-order valence-corrected chi connectivity index (χ2v) is 5.44. The van der Waals surface area contributed by atoms with E-state index in [1.165, 1.54) is 6.92 Å². The first-order chi connectivity index (χ1) is 11.7. The number of amides is 1. The molecule has 1 aliphatic heterocycles. The zero-order valence-electron chi connectivity index (χ0n) is 13.6. The third-order valence-corrected chi connectivity index (χ3v) is 3.62. The van der Waals surface area contributed by atoms with Crippen molar-refractivity contribution in [1.29, 1.82) is 0 Å². The molecule has 1 saturated heterocycles. The molecule has 24 heavy (non-hydrogen) atoms. The smallest absolute Gasteiger partial charge is 0.222 e. The van der Waals surface area contributed by atoms with Crippen LogP contribution < -0.4 is 15.4 Å². The number of carbonyl (C=O) groups is 1. The molecule has 0 aliphatic carbocycles. The Hall–Kier alpha value is -2.74. The second-order valence-electron chi connectivity index (χ2n) is 5.44. The molecule has 0 radical (unpaired) electrons. The molecule has 0 aromatic carbocycles. The summed E-state index contributed by atoms with van der Waals surface area (Å²) in [6.45, 7) is 2.82. The molecule has 2 N–H and O–H groups in total. The van der Waals surface area contributed by atoms with Crippen LogP contribution in [0.1, 0.15) is 25.1 Å². The molecular formula is C16H19N5O3. The molecule has 0 saturated carbocycles. The van der Waals surface area contributed by atoms with E-state index in [0.717, 1.165) is 18.9 Å². The first kappa shape index (κ1) is 16.1. The van der Waals surface area contributed by atoms with Gasteiger partial charge in [0.05, 0.1) is 25.6 Å². The summed E-state index contributed by atoms with van der Waals surface area (Å²) >= 11 is 0. The third kappa shape index (κ3) is 3.77. The lowest BCUT2D eigenvalue weighted by molar-refractivity contribution is -0.114. The molecule has 8 heteroatoms.